The van der Waals surface area contributed by atoms with Gasteiger partial charge in [0.25, 0.3) is 0 Å². The molecule has 0 spiro atoms. The predicted octanol–water partition coefficient (Wildman–Crippen LogP) is 2.50. The fourth-order valence-electron chi connectivity index (χ4n) is 2.25. The Balaban J connectivity index is 1.82. The Morgan fingerprint density at radius 1 is 0.955 bits per heavy atom. The second kappa shape index (κ2) is 6.43. The first kappa shape index (κ1) is 14.3. The first-order chi connectivity index (χ1) is 10.7. The van der Waals surface area contributed by atoms with E-state index in [2.05, 4.69) is 5.32 Å². The molecule has 112 valence electrons. The van der Waals surface area contributed by atoms with Gasteiger partial charge in [0.05, 0.1) is 6.54 Å². The number of carbonyl (C=O) groups is 2. The number of carbonyl (C=O) groups excluding carboxylic acids is 2. The molecule has 0 heterocycles. The van der Waals surface area contributed by atoms with Crippen molar-refractivity contribution in [3.63, 3.8) is 0 Å². The molecular weight excluding hydrogens is 276 g/mol. The van der Waals surface area contributed by atoms with E-state index in [9.17, 15) is 9.59 Å². The molecule has 0 aliphatic heterocycles. The highest BCUT2D eigenvalue weighted by Crippen LogP contribution is 2.20. The Hall–Kier alpha value is -2.62. The van der Waals surface area contributed by atoms with Gasteiger partial charge in [-0.05, 0) is 30.5 Å². The van der Waals surface area contributed by atoms with Crippen LogP contribution < -0.4 is 10.2 Å². The van der Waals surface area contributed by atoms with E-state index in [1.165, 1.54) is 4.90 Å². The highest BCUT2D eigenvalue weighted by Gasteiger charge is 2.29. The van der Waals surface area contributed by atoms with Crippen LogP contribution >= 0.6 is 0 Å². The van der Waals surface area contributed by atoms with Crippen molar-refractivity contribution in [3.8, 4) is 0 Å². The van der Waals surface area contributed by atoms with Crippen LogP contribution in [0.5, 0.6) is 0 Å². The molecule has 1 aliphatic carbocycles. The predicted molar refractivity (Wildman–Crippen MR) is 85.2 cm³/mol. The zero-order chi connectivity index (χ0) is 15.4. The second-order valence-corrected chi connectivity index (χ2v) is 5.46. The topological polar surface area (TPSA) is 49.4 Å². The van der Waals surface area contributed by atoms with E-state index in [1.807, 2.05) is 60.7 Å². The number of anilines is 1. The first-order valence-corrected chi connectivity index (χ1v) is 7.45. The van der Waals surface area contributed by atoms with Gasteiger partial charge in [0.15, 0.2) is 0 Å². The van der Waals surface area contributed by atoms with Gasteiger partial charge < -0.3 is 5.32 Å². The fraction of sp³-hybridized carbons (Fsp3) is 0.222. The number of amides is 2. The average Bonchev–Trinajstić information content (AvgIpc) is 3.38. The summed E-state index contributed by atoms with van der Waals surface area (Å²) in [6, 6.07) is 19.1. The maximum Gasteiger partial charge on any atom is 0.316 e. The lowest BCUT2D eigenvalue weighted by Gasteiger charge is -2.22. The van der Waals surface area contributed by atoms with Gasteiger partial charge >= 0.3 is 11.8 Å². The monoisotopic (exact) mass is 294 g/mol. The van der Waals surface area contributed by atoms with Crippen molar-refractivity contribution < 1.29 is 9.59 Å². The Kier molecular flexibility index (Phi) is 4.19. The lowest BCUT2D eigenvalue weighted by Crippen LogP contribution is -2.43. The minimum atomic E-state index is -0.526. The summed E-state index contributed by atoms with van der Waals surface area (Å²) in [6.07, 6.45) is 1.92. The molecule has 1 saturated carbocycles. The van der Waals surface area contributed by atoms with Crippen molar-refractivity contribution >= 4 is 17.5 Å². The molecule has 2 amide bonds. The van der Waals surface area contributed by atoms with Crippen LogP contribution in [0.4, 0.5) is 5.69 Å². The smallest absolute Gasteiger partial charge is 0.316 e. The van der Waals surface area contributed by atoms with Gasteiger partial charge in [-0.3, -0.25) is 14.5 Å². The van der Waals surface area contributed by atoms with Gasteiger partial charge in [-0.15, -0.1) is 0 Å². The molecule has 0 saturated heterocycles. The van der Waals surface area contributed by atoms with Gasteiger partial charge in [-0.2, -0.15) is 0 Å². The molecule has 2 aromatic rings. The molecule has 0 aromatic heterocycles. The molecule has 1 aliphatic rings. The molecule has 2 aromatic carbocycles. The van der Waals surface area contributed by atoms with E-state index >= 15 is 0 Å². The number of para-hydroxylation sites is 1. The maximum atomic E-state index is 12.5. The van der Waals surface area contributed by atoms with Crippen molar-refractivity contribution in [3.05, 3.63) is 66.2 Å². The fourth-order valence-corrected chi connectivity index (χ4v) is 2.25. The normalized spacial score (nSPS) is 13.5. The van der Waals surface area contributed by atoms with Crippen LogP contribution in [-0.2, 0) is 16.1 Å². The van der Waals surface area contributed by atoms with Crippen LogP contribution in [0.3, 0.4) is 0 Å². The van der Waals surface area contributed by atoms with E-state index in [0.717, 1.165) is 24.1 Å². The van der Waals surface area contributed by atoms with Gasteiger partial charge in [0.2, 0.25) is 0 Å². The van der Waals surface area contributed by atoms with Gasteiger partial charge in [0, 0.05) is 11.7 Å². The van der Waals surface area contributed by atoms with Crippen molar-refractivity contribution in [1.82, 2.24) is 5.32 Å². The second-order valence-electron chi connectivity index (χ2n) is 5.46. The van der Waals surface area contributed by atoms with Crippen molar-refractivity contribution in [2.24, 2.45) is 0 Å². The summed E-state index contributed by atoms with van der Waals surface area (Å²) >= 11 is 0. The van der Waals surface area contributed by atoms with E-state index in [0.29, 0.717) is 6.54 Å². The number of nitrogens with zero attached hydrogens (tertiary/aromatic N) is 1. The van der Waals surface area contributed by atoms with Crippen LogP contribution in [0.1, 0.15) is 18.4 Å². The van der Waals surface area contributed by atoms with Crippen molar-refractivity contribution in [1.29, 1.82) is 0 Å². The average molecular weight is 294 g/mol. The van der Waals surface area contributed by atoms with Gasteiger partial charge in [-0.1, -0.05) is 48.5 Å². The van der Waals surface area contributed by atoms with Crippen LogP contribution in [-0.4, -0.2) is 17.9 Å². The zero-order valence-corrected chi connectivity index (χ0v) is 12.2. The van der Waals surface area contributed by atoms with Gasteiger partial charge in [0.1, 0.15) is 0 Å². The minimum absolute atomic E-state index is 0.172. The third kappa shape index (κ3) is 3.52. The van der Waals surface area contributed by atoms with Crippen molar-refractivity contribution in [2.45, 2.75) is 25.4 Å². The number of hydrogen-bond acceptors (Lipinski definition) is 2. The molecule has 4 heteroatoms. The standard InChI is InChI=1S/C18H18N2O2/c21-17(19-15-11-12-15)18(22)20(16-9-5-2-6-10-16)13-14-7-3-1-4-8-14/h1-10,15H,11-13H2,(H,19,21). The highest BCUT2D eigenvalue weighted by atomic mass is 16.2. The summed E-state index contributed by atoms with van der Waals surface area (Å²) in [5.74, 6) is -1.04. The lowest BCUT2D eigenvalue weighted by molar-refractivity contribution is -0.137. The summed E-state index contributed by atoms with van der Waals surface area (Å²) in [5, 5.41) is 2.76. The highest BCUT2D eigenvalue weighted by molar-refractivity contribution is 6.40. The third-order valence-corrected chi connectivity index (χ3v) is 3.60. The van der Waals surface area contributed by atoms with E-state index in [1.54, 1.807) is 0 Å². The van der Waals surface area contributed by atoms with Crippen LogP contribution in [0.2, 0.25) is 0 Å². The van der Waals surface area contributed by atoms with Crippen LogP contribution in [0.15, 0.2) is 60.7 Å². The molecule has 1 N–H and O–H groups in total. The van der Waals surface area contributed by atoms with E-state index in [4.69, 9.17) is 0 Å². The Bertz CT molecular complexity index is 651. The Morgan fingerprint density at radius 3 is 2.14 bits per heavy atom. The largest absolute Gasteiger partial charge is 0.345 e. The lowest BCUT2D eigenvalue weighted by atomic mass is 10.2. The molecule has 1 fully saturated rings. The molecular formula is C18H18N2O2. The Morgan fingerprint density at radius 2 is 1.55 bits per heavy atom. The number of nitrogens with one attached hydrogen (secondary N) is 1. The number of hydrogen-bond donors (Lipinski definition) is 1. The van der Waals surface area contributed by atoms with Crippen LogP contribution in [0, 0.1) is 0 Å². The van der Waals surface area contributed by atoms with E-state index < -0.39 is 11.8 Å². The first-order valence-electron chi connectivity index (χ1n) is 7.45. The molecule has 0 atom stereocenters. The number of rotatable bonds is 4. The molecule has 0 radical (unpaired) electrons. The molecule has 3 rings (SSSR count). The molecule has 0 bridgehead atoms. The third-order valence-electron chi connectivity index (χ3n) is 3.60. The van der Waals surface area contributed by atoms with Crippen LogP contribution in [0.25, 0.3) is 0 Å². The summed E-state index contributed by atoms with van der Waals surface area (Å²) < 4.78 is 0. The summed E-state index contributed by atoms with van der Waals surface area (Å²) in [4.78, 5) is 26.1. The Labute approximate surface area is 129 Å². The molecule has 0 unspecified atom stereocenters. The quantitative estimate of drug-likeness (QED) is 0.881. The summed E-state index contributed by atoms with van der Waals surface area (Å²) in [5.41, 5.74) is 1.71. The van der Waals surface area contributed by atoms with Gasteiger partial charge in [-0.25, -0.2) is 0 Å². The zero-order valence-electron chi connectivity index (χ0n) is 12.2. The van der Waals surface area contributed by atoms with E-state index in [-0.39, 0.29) is 6.04 Å². The minimum Gasteiger partial charge on any atom is -0.345 e. The SMILES string of the molecule is O=C(NC1CC1)C(=O)N(Cc1ccccc1)c1ccccc1. The van der Waals surface area contributed by atoms with Crippen molar-refractivity contribution in [2.75, 3.05) is 4.90 Å². The molecule has 22 heavy (non-hydrogen) atoms. The summed E-state index contributed by atoms with van der Waals surface area (Å²) in [7, 11) is 0. The summed E-state index contributed by atoms with van der Waals surface area (Å²) in [6.45, 7) is 0.377. The number of benzene rings is 2. The molecule has 4 nitrogen and oxygen atoms in total. The maximum absolute atomic E-state index is 12.5.